The van der Waals surface area contributed by atoms with E-state index in [-0.39, 0.29) is 12.2 Å². The van der Waals surface area contributed by atoms with E-state index in [0.29, 0.717) is 26.4 Å². The fraction of sp³-hybridized carbons (Fsp3) is 0.467. The molecule has 1 heterocycles. The minimum atomic E-state index is -0.592. The quantitative estimate of drug-likeness (QED) is 0.759. The van der Waals surface area contributed by atoms with Gasteiger partial charge in [-0.1, -0.05) is 36.4 Å². The highest BCUT2D eigenvalue weighted by Crippen LogP contribution is 2.18. The van der Waals surface area contributed by atoms with E-state index in [2.05, 4.69) is 6.58 Å². The van der Waals surface area contributed by atoms with Crippen LogP contribution in [0.4, 0.5) is 0 Å². The van der Waals surface area contributed by atoms with Crippen molar-refractivity contribution in [3.63, 3.8) is 0 Å². The Balaban J connectivity index is 1.76. The van der Waals surface area contributed by atoms with E-state index in [1.807, 2.05) is 30.3 Å². The zero-order valence-electron chi connectivity index (χ0n) is 10.9. The number of benzene rings is 1. The van der Waals surface area contributed by atoms with Gasteiger partial charge in [0.25, 0.3) is 0 Å². The number of ether oxygens (including phenoxy) is 3. The van der Waals surface area contributed by atoms with E-state index < -0.39 is 6.10 Å². The number of aliphatic hydroxyl groups excluding tert-OH is 1. The van der Waals surface area contributed by atoms with Gasteiger partial charge in [0.15, 0.2) is 0 Å². The summed E-state index contributed by atoms with van der Waals surface area (Å²) in [5.41, 5.74) is 1.12. The second-order valence-corrected chi connectivity index (χ2v) is 4.53. The Morgan fingerprint density at radius 2 is 2.16 bits per heavy atom. The summed E-state index contributed by atoms with van der Waals surface area (Å²) in [6.07, 6.45) is 0.505. The van der Waals surface area contributed by atoms with Gasteiger partial charge in [-0.15, -0.1) is 6.58 Å². The van der Waals surface area contributed by atoms with Crippen LogP contribution in [-0.4, -0.2) is 43.2 Å². The molecule has 1 N–H and O–H groups in total. The van der Waals surface area contributed by atoms with Crippen molar-refractivity contribution in [3.8, 4) is 0 Å². The highest BCUT2D eigenvalue weighted by atomic mass is 16.6. The van der Waals surface area contributed by atoms with E-state index in [9.17, 15) is 5.11 Å². The monoisotopic (exact) mass is 264 g/mol. The van der Waals surface area contributed by atoms with E-state index in [4.69, 9.17) is 14.2 Å². The normalized spacial score (nSPS) is 26.5. The molecular formula is C15H20O4. The lowest BCUT2D eigenvalue weighted by Gasteiger charge is -2.20. The topological polar surface area (TPSA) is 47.9 Å². The summed E-state index contributed by atoms with van der Waals surface area (Å²) < 4.78 is 16.6. The third-order valence-corrected chi connectivity index (χ3v) is 3.03. The third-order valence-electron chi connectivity index (χ3n) is 3.03. The molecule has 4 heteroatoms. The fourth-order valence-corrected chi connectivity index (χ4v) is 2.07. The number of hydrogen-bond donors (Lipinski definition) is 1. The predicted molar refractivity (Wildman–Crippen MR) is 71.8 cm³/mol. The molecule has 0 bridgehead atoms. The van der Waals surface area contributed by atoms with Gasteiger partial charge in [-0.2, -0.15) is 0 Å². The Bertz CT molecular complexity index is 379. The standard InChI is InChI=1S/C15H20O4/c1-2-8-18-15-13(16)10-19-14(15)11-17-9-12-6-4-3-5-7-12/h2-7,13-16H,1,8-11H2/t13-,14+,15+/m0/s1. The van der Waals surface area contributed by atoms with Gasteiger partial charge >= 0.3 is 0 Å². The van der Waals surface area contributed by atoms with Crippen LogP contribution in [0.1, 0.15) is 5.56 Å². The maximum atomic E-state index is 9.76. The van der Waals surface area contributed by atoms with Gasteiger partial charge in [-0.05, 0) is 5.56 Å². The molecule has 19 heavy (non-hydrogen) atoms. The van der Waals surface area contributed by atoms with Crippen LogP contribution in [0.5, 0.6) is 0 Å². The summed E-state index contributed by atoms with van der Waals surface area (Å²) in [7, 11) is 0. The lowest BCUT2D eigenvalue weighted by atomic mass is 10.1. The second-order valence-electron chi connectivity index (χ2n) is 4.53. The van der Waals surface area contributed by atoms with Gasteiger partial charge in [0, 0.05) is 0 Å². The van der Waals surface area contributed by atoms with E-state index in [1.165, 1.54) is 0 Å². The molecule has 2 rings (SSSR count). The Kier molecular flexibility index (Phi) is 5.54. The van der Waals surface area contributed by atoms with Gasteiger partial charge in [-0.25, -0.2) is 0 Å². The lowest BCUT2D eigenvalue weighted by Crippen LogP contribution is -2.36. The number of rotatable bonds is 7. The first-order valence-electron chi connectivity index (χ1n) is 6.45. The molecular weight excluding hydrogens is 244 g/mol. The van der Waals surface area contributed by atoms with Gasteiger partial charge in [-0.3, -0.25) is 0 Å². The van der Waals surface area contributed by atoms with Gasteiger partial charge in [0.1, 0.15) is 18.3 Å². The number of aliphatic hydroxyl groups is 1. The smallest absolute Gasteiger partial charge is 0.114 e. The van der Waals surface area contributed by atoms with Crippen LogP contribution in [-0.2, 0) is 20.8 Å². The summed E-state index contributed by atoms with van der Waals surface area (Å²) in [6.45, 7) is 5.23. The van der Waals surface area contributed by atoms with Crippen molar-refractivity contribution in [2.24, 2.45) is 0 Å². The maximum absolute atomic E-state index is 9.76. The molecule has 1 aliphatic heterocycles. The van der Waals surface area contributed by atoms with Crippen molar-refractivity contribution in [1.82, 2.24) is 0 Å². The number of hydrogen-bond acceptors (Lipinski definition) is 4. The first-order chi connectivity index (χ1) is 9.31. The van der Waals surface area contributed by atoms with Crippen LogP contribution >= 0.6 is 0 Å². The van der Waals surface area contributed by atoms with Crippen LogP contribution < -0.4 is 0 Å². The minimum absolute atomic E-state index is 0.223. The molecule has 0 amide bonds. The Labute approximate surface area is 113 Å². The molecule has 0 unspecified atom stereocenters. The van der Waals surface area contributed by atoms with Crippen molar-refractivity contribution in [2.75, 3.05) is 19.8 Å². The van der Waals surface area contributed by atoms with Crippen molar-refractivity contribution < 1.29 is 19.3 Å². The van der Waals surface area contributed by atoms with Crippen LogP contribution in [0.25, 0.3) is 0 Å². The molecule has 3 atom stereocenters. The van der Waals surface area contributed by atoms with Crippen LogP contribution in [0, 0.1) is 0 Å². The van der Waals surface area contributed by atoms with E-state index >= 15 is 0 Å². The van der Waals surface area contributed by atoms with Crippen molar-refractivity contribution in [2.45, 2.75) is 24.9 Å². The van der Waals surface area contributed by atoms with Crippen LogP contribution in [0.2, 0.25) is 0 Å². The summed E-state index contributed by atoms with van der Waals surface area (Å²) >= 11 is 0. The fourth-order valence-electron chi connectivity index (χ4n) is 2.07. The summed E-state index contributed by atoms with van der Waals surface area (Å²) in [4.78, 5) is 0. The minimum Gasteiger partial charge on any atom is -0.388 e. The summed E-state index contributed by atoms with van der Waals surface area (Å²) in [6, 6.07) is 9.94. The molecule has 1 aromatic carbocycles. The average molecular weight is 264 g/mol. The molecule has 1 saturated heterocycles. The molecule has 0 aromatic heterocycles. The molecule has 0 radical (unpaired) electrons. The van der Waals surface area contributed by atoms with E-state index in [1.54, 1.807) is 6.08 Å². The molecule has 4 nitrogen and oxygen atoms in total. The molecule has 0 aliphatic carbocycles. The van der Waals surface area contributed by atoms with Crippen molar-refractivity contribution in [3.05, 3.63) is 48.6 Å². The zero-order chi connectivity index (χ0) is 13.5. The summed E-state index contributed by atoms with van der Waals surface area (Å²) in [5.74, 6) is 0. The van der Waals surface area contributed by atoms with E-state index in [0.717, 1.165) is 5.56 Å². The average Bonchev–Trinajstić information content (AvgIpc) is 2.78. The Morgan fingerprint density at radius 1 is 1.37 bits per heavy atom. The first kappa shape index (κ1) is 14.2. The van der Waals surface area contributed by atoms with Crippen LogP contribution in [0.3, 0.4) is 0 Å². The summed E-state index contributed by atoms with van der Waals surface area (Å²) in [5, 5.41) is 9.76. The second kappa shape index (κ2) is 7.40. The molecule has 1 aromatic rings. The van der Waals surface area contributed by atoms with Gasteiger partial charge in [0.2, 0.25) is 0 Å². The largest absolute Gasteiger partial charge is 0.388 e. The molecule has 0 spiro atoms. The predicted octanol–water partition coefficient (Wildman–Crippen LogP) is 1.53. The molecule has 1 fully saturated rings. The van der Waals surface area contributed by atoms with Crippen LogP contribution in [0.15, 0.2) is 43.0 Å². The third kappa shape index (κ3) is 4.14. The SMILES string of the molecule is C=CCO[C@@H]1[C@@H](O)CO[C@@H]1COCc1ccccc1. The molecule has 1 aliphatic rings. The van der Waals surface area contributed by atoms with Crippen molar-refractivity contribution >= 4 is 0 Å². The molecule has 104 valence electrons. The Hall–Kier alpha value is -1.20. The highest BCUT2D eigenvalue weighted by Gasteiger charge is 2.36. The Morgan fingerprint density at radius 3 is 2.89 bits per heavy atom. The zero-order valence-corrected chi connectivity index (χ0v) is 10.9. The molecule has 0 saturated carbocycles. The maximum Gasteiger partial charge on any atom is 0.114 e. The van der Waals surface area contributed by atoms with Gasteiger partial charge in [0.05, 0.1) is 26.4 Å². The van der Waals surface area contributed by atoms with Gasteiger partial charge < -0.3 is 19.3 Å². The lowest BCUT2D eigenvalue weighted by molar-refractivity contribution is -0.0606. The van der Waals surface area contributed by atoms with Crippen molar-refractivity contribution in [1.29, 1.82) is 0 Å². The highest BCUT2D eigenvalue weighted by molar-refractivity contribution is 5.13. The first-order valence-corrected chi connectivity index (χ1v) is 6.45.